The first kappa shape index (κ1) is 18.4. The summed E-state index contributed by atoms with van der Waals surface area (Å²) in [6.07, 6.45) is 0. The van der Waals surface area contributed by atoms with Crippen molar-refractivity contribution >= 4 is 45.9 Å². The Morgan fingerprint density at radius 1 is 1.08 bits per heavy atom. The molecule has 24 heavy (non-hydrogen) atoms. The third-order valence-electron chi connectivity index (χ3n) is 3.29. The number of halogens is 1. The van der Waals surface area contributed by atoms with E-state index in [-0.39, 0.29) is 17.1 Å². The summed E-state index contributed by atoms with van der Waals surface area (Å²) < 4.78 is 0. The molecule has 0 aliphatic heterocycles. The minimum atomic E-state index is -0.297. The molecule has 0 aliphatic rings. The van der Waals surface area contributed by atoms with Crippen molar-refractivity contribution in [1.82, 2.24) is 0 Å². The summed E-state index contributed by atoms with van der Waals surface area (Å²) in [7, 11) is 0. The van der Waals surface area contributed by atoms with Crippen LogP contribution < -0.4 is 10.6 Å². The Balaban J connectivity index is 1.79. The van der Waals surface area contributed by atoms with Gasteiger partial charge in [-0.2, -0.15) is 0 Å². The minimum absolute atomic E-state index is 0.131. The molecule has 2 N–H and O–H groups in total. The van der Waals surface area contributed by atoms with Crippen LogP contribution in [0.25, 0.3) is 0 Å². The Hall–Kier alpha value is -1.98. The molecule has 0 saturated heterocycles. The highest BCUT2D eigenvalue weighted by Gasteiger charge is 2.15. The lowest BCUT2D eigenvalue weighted by Gasteiger charge is -2.12. The summed E-state index contributed by atoms with van der Waals surface area (Å²) in [5.74, 6) is -0.0287. The van der Waals surface area contributed by atoms with Crippen LogP contribution in [0.5, 0.6) is 0 Å². The Morgan fingerprint density at radius 3 is 2.46 bits per heavy atom. The van der Waals surface area contributed by atoms with Gasteiger partial charge in [-0.1, -0.05) is 42.4 Å². The van der Waals surface area contributed by atoms with Gasteiger partial charge >= 0.3 is 0 Å². The molecule has 0 bridgehead atoms. The number of carbonyl (C=O) groups is 2. The molecule has 0 spiro atoms. The fourth-order valence-corrected chi connectivity index (χ4v) is 2.82. The number of rotatable bonds is 5. The minimum Gasteiger partial charge on any atom is -0.326 e. The SMILES string of the molecule is Cc1cccc(NC(=O)SCC(C)C(=O)Nc2ccc(Cl)cc2)c1. The number of aryl methyl sites for hydroxylation is 1. The molecular formula is C18H19ClN2O2S. The predicted molar refractivity (Wildman–Crippen MR) is 102 cm³/mol. The van der Waals surface area contributed by atoms with Crippen molar-refractivity contribution < 1.29 is 9.59 Å². The zero-order chi connectivity index (χ0) is 17.5. The van der Waals surface area contributed by atoms with Crippen molar-refractivity contribution in [2.75, 3.05) is 16.4 Å². The molecule has 0 aliphatic carbocycles. The van der Waals surface area contributed by atoms with Crippen LogP contribution >= 0.6 is 23.4 Å². The number of nitrogens with one attached hydrogen (secondary N) is 2. The molecule has 0 heterocycles. The molecule has 2 rings (SSSR count). The lowest BCUT2D eigenvalue weighted by molar-refractivity contribution is -0.118. The maximum absolute atomic E-state index is 12.1. The lowest BCUT2D eigenvalue weighted by atomic mass is 10.2. The molecule has 0 saturated carbocycles. The van der Waals surface area contributed by atoms with Crippen LogP contribution in [0.4, 0.5) is 16.2 Å². The van der Waals surface area contributed by atoms with Gasteiger partial charge in [0.2, 0.25) is 5.91 Å². The van der Waals surface area contributed by atoms with E-state index in [1.807, 2.05) is 31.2 Å². The first-order valence-electron chi connectivity index (χ1n) is 7.51. The lowest BCUT2D eigenvalue weighted by Crippen LogP contribution is -2.23. The fourth-order valence-electron chi connectivity index (χ4n) is 1.95. The monoisotopic (exact) mass is 362 g/mol. The third-order valence-corrected chi connectivity index (χ3v) is 4.57. The smallest absolute Gasteiger partial charge is 0.283 e. The van der Waals surface area contributed by atoms with Gasteiger partial charge in [0.15, 0.2) is 0 Å². The normalized spacial score (nSPS) is 11.6. The van der Waals surface area contributed by atoms with Gasteiger partial charge in [0.1, 0.15) is 0 Å². The summed E-state index contributed by atoms with van der Waals surface area (Å²) >= 11 is 6.91. The number of hydrogen-bond acceptors (Lipinski definition) is 3. The molecule has 2 aromatic rings. The number of anilines is 2. The highest BCUT2D eigenvalue weighted by atomic mass is 35.5. The molecular weight excluding hydrogens is 344 g/mol. The number of amides is 2. The van der Waals surface area contributed by atoms with Crippen molar-refractivity contribution in [3.63, 3.8) is 0 Å². The molecule has 0 radical (unpaired) electrons. The van der Waals surface area contributed by atoms with Gasteiger partial charge in [-0.05, 0) is 48.9 Å². The molecule has 2 aromatic carbocycles. The Bertz CT molecular complexity index is 719. The molecule has 1 unspecified atom stereocenters. The van der Waals surface area contributed by atoms with Crippen molar-refractivity contribution in [1.29, 1.82) is 0 Å². The second-order valence-electron chi connectivity index (χ2n) is 5.49. The van der Waals surface area contributed by atoms with Crippen molar-refractivity contribution in [2.45, 2.75) is 13.8 Å². The van der Waals surface area contributed by atoms with E-state index in [2.05, 4.69) is 10.6 Å². The average Bonchev–Trinajstić information content (AvgIpc) is 2.54. The predicted octanol–water partition coefficient (Wildman–Crippen LogP) is 5.19. The Morgan fingerprint density at radius 2 is 1.79 bits per heavy atom. The van der Waals surface area contributed by atoms with E-state index in [1.165, 1.54) is 0 Å². The molecule has 4 nitrogen and oxygen atoms in total. The summed E-state index contributed by atoms with van der Waals surface area (Å²) in [6.45, 7) is 3.75. The van der Waals surface area contributed by atoms with Crippen molar-refractivity contribution in [2.24, 2.45) is 5.92 Å². The number of benzene rings is 2. The van der Waals surface area contributed by atoms with Gasteiger partial charge in [0, 0.05) is 28.1 Å². The van der Waals surface area contributed by atoms with Crippen LogP contribution in [0.2, 0.25) is 5.02 Å². The topological polar surface area (TPSA) is 58.2 Å². The molecule has 6 heteroatoms. The number of hydrogen-bond donors (Lipinski definition) is 2. The van der Waals surface area contributed by atoms with E-state index in [4.69, 9.17) is 11.6 Å². The Labute approximate surface area is 151 Å². The van der Waals surface area contributed by atoms with E-state index in [9.17, 15) is 9.59 Å². The second kappa shape index (κ2) is 8.76. The number of thioether (sulfide) groups is 1. The molecule has 0 fully saturated rings. The first-order chi connectivity index (χ1) is 11.4. The van der Waals surface area contributed by atoms with Gasteiger partial charge in [-0.3, -0.25) is 9.59 Å². The van der Waals surface area contributed by atoms with Gasteiger partial charge in [-0.15, -0.1) is 0 Å². The van der Waals surface area contributed by atoms with E-state index >= 15 is 0 Å². The first-order valence-corrected chi connectivity index (χ1v) is 8.87. The second-order valence-corrected chi connectivity index (χ2v) is 6.92. The van der Waals surface area contributed by atoms with Crippen molar-refractivity contribution in [3.8, 4) is 0 Å². The fraction of sp³-hybridized carbons (Fsp3) is 0.222. The molecule has 1 atom stereocenters. The van der Waals surface area contributed by atoms with Crippen LogP contribution in [0.15, 0.2) is 48.5 Å². The highest BCUT2D eigenvalue weighted by molar-refractivity contribution is 8.13. The van der Waals surface area contributed by atoms with Gasteiger partial charge in [0.25, 0.3) is 5.24 Å². The third kappa shape index (κ3) is 5.91. The van der Waals surface area contributed by atoms with E-state index in [0.29, 0.717) is 16.5 Å². The van der Waals surface area contributed by atoms with Gasteiger partial charge < -0.3 is 10.6 Å². The van der Waals surface area contributed by atoms with E-state index in [0.717, 1.165) is 23.0 Å². The molecule has 0 aromatic heterocycles. The summed E-state index contributed by atoms with van der Waals surface area (Å²) in [6, 6.07) is 14.5. The standard InChI is InChI=1S/C18H19ClN2O2S/c1-12-4-3-5-16(10-12)21-18(23)24-11-13(2)17(22)20-15-8-6-14(19)7-9-15/h3-10,13H,11H2,1-2H3,(H,20,22)(H,21,23). The van der Waals surface area contributed by atoms with Crippen molar-refractivity contribution in [3.05, 3.63) is 59.1 Å². The highest BCUT2D eigenvalue weighted by Crippen LogP contribution is 2.18. The average molecular weight is 363 g/mol. The maximum Gasteiger partial charge on any atom is 0.283 e. The zero-order valence-corrected chi connectivity index (χ0v) is 15.1. The molecule has 126 valence electrons. The quantitative estimate of drug-likeness (QED) is 0.769. The van der Waals surface area contributed by atoms with E-state index in [1.54, 1.807) is 31.2 Å². The molecule has 2 amide bonds. The van der Waals surface area contributed by atoms with Gasteiger partial charge in [0.05, 0.1) is 0 Å². The Kier molecular flexibility index (Phi) is 6.70. The largest absolute Gasteiger partial charge is 0.326 e. The van der Waals surface area contributed by atoms with Gasteiger partial charge in [-0.25, -0.2) is 0 Å². The summed E-state index contributed by atoms with van der Waals surface area (Å²) in [5, 5.41) is 6.06. The van der Waals surface area contributed by atoms with Crippen LogP contribution in [-0.2, 0) is 4.79 Å². The summed E-state index contributed by atoms with van der Waals surface area (Å²) in [4.78, 5) is 24.1. The zero-order valence-electron chi connectivity index (χ0n) is 13.5. The van der Waals surface area contributed by atoms with Crippen LogP contribution in [0.1, 0.15) is 12.5 Å². The van der Waals surface area contributed by atoms with E-state index < -0.39 is 0 Å². The van der Waals surface area contributed by atoms with Crippen LogP contribution in [0, 0.1) is 12.8 Å². The van der Waals surface area contributed by atoms with Crippen LogP contribution in [0.3, 0.4) is 0 Å². The van der Waals surface area contributed by atoms with Crippen LogP contribution in [-0.4, -0.2) is 16.9 Å². The summed E-state index contributed by atoms with van der Waals surface area (Å²) in [5.41, 5.74) is 2.52. The maximum atomic E-state index is 12.1. The number of carbonyl (C=O) groups excluding carboxylic acids is 2.